The topological polar surface area (TPSA) is 98.4 Å². The fraction of sp³-hybridized carbons (Fsp3) is 0. The molecule has 0 aromatic carbocycles. The molecule has 0 aliphatic heterocycles. The molecule has 0 atom stereocenters. The molecule has 0 spiro atoms. The van der Waals surface area contributed by atoms with Crippen LogP contribution in [0.2, 0.25) is 0 Å². The van der Waals surface area contributed by atoms with Gasteiger partial charge in [0.1, 0.15) is 0 Å². The molecule has 0 rings (SSSR count). The second-order valence-electron chi connectivity index (χ2n) is 0.539. The molecule has 0 fully saturated rings. The zero-order valence-corrected chi connectivity index (χ0v) is 9.23. The minimum absolute atomic E-state index is 0. The van der Waals surface area contributed by atoms with Gasteiger partial charge in [0, 0.05) is 0 Å². The zero-order valence-electron chi connectivity index (χ0n) is 4.47. The molecule has 9 heavy (non-hydrogen) atoms. The van der Waals surface area contributed by atoms with Gasteiger partial charge in [-0.15, -0.1) is 0 Å². The van der Waals surface area contributed by atoms with Gasteiger partial charge < -0.3 is 12.6 Å². The minimum Gasteiger partial charge on any atom is -0.696 e. The van der Waals surface area contributed by atoms with Crippen LogP contribution in [-0.2, 0) is 23.0 Å². The predicted octanol–water partition coefficient (Wildman–Crippen LogP) is -3.63. The first-order valence-corrected chi connectivity index (χ1v) is 2.93. The second kappa shape index (κ2) is 9.22. The van der Waals surface area contributed by atoms with Crippen LogP contribution in [0.5, 0.6) is 0 Å². The predicted molar refractivity (Wildman–Crippen MR) is 27.2 cm³/mol. The van der Waals surface area contributed by atoms with E-state index in [2.05, 4.69) is 12.6 Å². The maximum Gasteiger partial charge on any atom is 1.00 e. The quantitative estimate of drug-likeness (QED) is 0.179. The largest absolute Gasteiger partial charge is 1.00 e. The second-order valence-corrected chi connectivity index (χ2v) is 1.62. The normalized spacial score (nSPS) is 7.22. The van der Waals surface area contributed by atoms with E-state index in [1.165, 1.54) is 5.40 Å². The van der Waals surface area contributed by atoms with Crippen LogP contribution in [0, 0.1) is 10.7 Å². The summed E-state index contributed by atoms with van der Waals surface area (Å²) in [7, 11) is -4.67. The molecule has 0 heterocycles. The third kappa shape index (κ3) is 324. The molecule has 0 bridgehead atoms. The summed E-state index contributed by atoms with van der Waals surface area (Å²) in [6.07, 6.45) is 0. The smallest absolute Gasteiger partial charge is 0.696 e. The summed E-state index contributed by atoms with van der Waals surface area (Å²) in [5, 5.41) is 8.47. The van der Waals surface area contributed by atoms with Crippen LogP contribution in [-0.4, -0.2) is 17.5 Å². The summed E-state index contributed by atoms with van der Waals surface area (Å²) in [5.74, 6) is 0. The van der Waals surface area contributed by atoms with E-state index in [9.17, 15) is 0 Å². The number of hydrogen-bond donors (Lipinski definition) is 2. The molecular weight excluding hydrogens is 193 g/mol. The monoisotopic (exact) mass is 195 g/mol. The summed E-state index contributed by atoms with van der Waals surface area (Å²) in [4.78, 5) is 0. The molecule has 0 amide bonds. The van der Waals surface area contributed by atoms with Gasteiger partial charge in [-0.3, -0.25) is 9.11 Å². The molecule has 48 valence electrons. The van der Waals surface area contributed by atoms with Gasteiger partial charge in [-0.05, 0) is 0 Å². The third-order valence-electron chi connectivity index (χ3n) is 0. The summed E-state index contributed by atoms with van der Waals surface area (Å²) < 4.78 is 31.6. The van der Waals surface area contributed by atoms with Crippen LogP contribution in [0.3, 0.4) is 0 Å². The van der Waals surface area contributed by atoms with Gasteiger partial charge in [0.05, 0.1) is 0 Å². The SMILES string of the molecule is N#C[S-].O=S(=O)(O)O.[K+]. The Morgan fingerprint density at radius 2 is 1.44 bits per heavy atom. The van der Waals surface area contributed by atoms with Crippen molar-refractivity contribution in [2.75, 3.05) is 0 Å². The van der Waals surface area contributed by atoms with Crippen molar-refractivity contribution in [1.82, 2.24) is 0 Å². The molecule has 8 heteroatoms. The van der Waals surface area contributed by atoms with E-state index in [-0.39, 0.29) is 51.4 Å². The molecule has 0 saturated carbocycles. The summed E-state index contributed by atoms with van der Waals surface area (Å²) in [6, 6.07) is 0. The average Bonchev–Trinajstić information content (AvgIpc) is 1.27. The molecule has 5 nitrogen and oxygen atoms in total. The molecular formula is CH2KNO4S2. The number of rotatable bonds is 0. The van der Waals surface area contributed by atoms with E-state index in [1.807, 2.05) is 0 Å². The maximum absolute atomic E-state index is 8.74. The van der Waals surface area contributed by atoms with Gasteiger partial charge >= 0.3 is 61.8 Å². The first-order valence-electron chi connectivity index (χ1n) is 1.13. The van der Waals surface area contributed by atoms with E-state index < -0.39 is 10.4 Å². The fourth-order valence-corrected chi connectivity index (χ4v) is 0. The number of hydrogen-bond acceptors (Lipinski definition) is 4. The Labute approximate surface area is 101 Å². The van der Waals surface area contributed by atoms with Crippen molar-refractivity contribution in [2.45, 2.75) is 0 Å². The van der Waals surface area contributed by atoms with Gasteiger partial charge in [0.15, 0.2) is 0 Å². The van der Waals surface area contributed by atoms with E-state index in [0.717, 1.165) is 0 Å². The molecule has 2 N–H and O–H groups in total. The molecule has 0 aromatic heterocycles. The molecule has 0 aliphatic rings. The van der Waals surface area contributed by atoms with Crippen LogP contribution in [0.15, 0.2) is 0 Å². The van der Waals surface area contributed by atoms with Crippen LogP contribution >= 0.6 is 0 Å². The van der Waals surface area contributed by atoms with Crippen LogP contribution in [0.4, 0.5) is 0 Å². The van der Waals surface area contributed by atoms with Gasteiger partial charge in [0.2, 0.25) is 0 Å². The summed E-state index contributed by atoms with van der Waals surface area (Å²) in [5.41, 5.74) is 0. The Morgan fingerprint density at radius 1 is 1.44 bits per heavy atom. The Kier molecular flexibility index (Phi) is 17.1. The van der Waals surface area contributed by atoms with Crippen molar-refractivity contribution in [3.63, 3.8) is 0 Å². The van der Waals surface area contributed by atoms with Crippen molar-refractivity contribution in [1.29, 1.82) is 5.26 Å². The number of thiocyanates is 1. The van der Waals surface area contributed by atoms with Crippen LogP contribution in [0.1, 0.15) is 0 Å². The van der Waals surface area contributed by atoms with Gasteiger partial charge in [-0.25, -0.2) is 5.26 Å². The average molecular weight is 195 g/mol. The van der Waals surface area contributed by atoms with E-state index in [0.29, 0.717) is 0 Å². The fourth-order valence-electron chi connectivity index (χ4n) is 0. The molecule has 0 aromatic rings. The van der Waals surface area contributed by atoms with Gasteiger partial charge in [-0.1, -0.05) is 5.40 Å². The zero-order chi connectivity index (χ0) is 7.21. The third-order valence-corrected chi connectivity index (χ3v) is 0. The standard InChI is InChI=1S/CHNS.K.H2O4S/c2-1-3;;1-5(2,3)4/h3H;;(H2,1,2,3,4)/q;+1;/p-1. The Hall–Kier alpha value is 1.22. The van der Waals surface area contributed by atoms with Crippen molar-refractivity contribution < 1.29 is 68.9 Å². The van der Waals surface area contributed by atoms with Crippen molar-refractivity contribution in [3.05, 3.63) is 0 Å². The summed E-state index contributed by atoms with van der Waals surface area (Å²) >= 11 is 3.70. The van der Waals surface area contributed by atoms with Gasteiger partial charge in [0.25, 0.3) is 0 Å². The van der Waals surface area contributed by atoms with E-state index >= 15 is 0 Å². The number of nitriles is 1. The Balaban J connectivity index is -0.0000000800. The summed E-state index contributed by atoms with van der Waals surface area (Å²) in [6.45, 7) is 0. The number of nitrogens with zero attached hydrogens (tertiary/aromatic N) is 1. The van der Waals surface area contributed by atoms with Crippen LogP contribution in [0.25, 0.3) is 0 Å². The van der Waals surface area contributed by atoms with E-state index in [1.54, 1.807) is 0 Å². The first kappa shape index (κ1) is 16.7. The molecule has 0 saturated heterocycles. The Morgan fingerprint density at radius 3 is 1.44 bits per heavy atom. The van der Waals surface area contributed by atoms with Crippen molar-refractivity contribution in [3.8, 4) is 5.40 Å². The van der Waals surface area contributed by atoms with Crippen molar-refractivity contribution >= 4 is 23.0 Å². The Bertz CT molecular complexity index is 159. The molecule has 0 radical (unpaired) electrons. The molecule has 0 unspecified atom stereocenters. The van der Waals surface area contributed by atoms with E-state index in [4.69, 9.17) is 22.8 Å². The molecule has 0 aliphatic carbocycles. The van der Waals surface area contributed by atoms with Crippen LogP contribution < -0.4 is 51.4 Å². The maximum atomic E-state index is 8.74. The first-order chi connectivity index (χ1) is 3.41. The van der Waals surface area contributed by atoms with Gasteiger partial charge in [-0.2, -0.15) is 8.42 Å². The minimum atomic E-state index is -4.67. The van der Waals surface area contributed by atoms with Crippen molar-refractivity contribution in [2.24, 2.45) is 0 Å².